The van der Waals surface area contributed by atoms with Gasteiger partial charge in [0.25, 0.3) is 0 Å². The van der Waals surface area contributed by atoms with Crippen molar-refractivity contribution < 1.29 is 4.42 Å². The van der Waals surface area contributed by atoms with Gasteiger partial charge in [0.2, 0.25) is 0 Å². The van der Waals surface area contributed by atoms with Crippen LogP contribution in [-0.2, 0) is 6.54 Å². The van der Waals surface area contributed by atoms with Crippen molar-refractivity contribution in [2.45, 2.75) is 19.5 Å². The zero-order chi connectivity index (χ0) is 8.97. The minimum atomic E-state index is 0.167. The van der Waals surface area contributed by atoms with E-state index < -0.39 is 0 Å². The van der Waals surface area contributed by atoms with E-state index in [2.05, 4.69) is 10.8 Å². The molecule has 0 aliphatic carbocycles. The molecule has 1 unspecified atom stereocenters. The van der Waals surface area contributed by atoms with Crippen molar-refractivity contribution in [2.24, 2.45) is 0 Å². The Morgan fingerprint density at radius 2 is 2.50 bits per heavy atom. The summed E-state index contributed by atoms with van der Waals surface area (Å²) in [6.07, 6.45) is 8.69. The third-order valence-corrected chi connectivity index (χ3v) is 1.91. The zero-order valence-corrected chi connectivity index (χ0v) is 7.45. The molecule has 0 spiro atoms. The fourth-order valence-electron chi connectivity index (χ4n) is 0.935. The van der Waals surface area contributed by atoms with Crippen molar-refractivity contribution in [3.05, 3.63) is 24.2 Å². The van der Waals surface area contributed by atoms with Gasteiger partial charge in [-0.15, -0.1) is 6.42 Å². The average Bonchev–Trinajstić information content (AvgIpc) is 2.55. The highest BCUT2D eigenvalue weighted by molar-refractivity contribution is 5.06. The second-order valence-electron chi connectivity index (χ2n) is 2.89. The highest BCUT2D eigenvalue weighted by atomic mass is 16.3. The van der Waals surface area contributed by atoms with E-state index in [0.29, 0.717) is 0 Å². The summed E-state index contributed by atoms with van der Waals surface area (Å²) in [6, 6.07) is 2.11. The minimum Gasteiger partial charge on any atom is -0.472 e. The van der Waals surface area contributed by atoms with Crippen molar-refractivity contribution >= 4 is 0 Å². The van der Waals surface area contributed by atoms with Crippen molar-refractivity contribution in [2.75, 3.05) is 7.05 Å². The maximum absolute atomic E-state index is 5.29. The third-order valence-electron chi connectivity index (χ3n) is 1.91. The molecular formula is C10H13NO. The molecule has 0 saturated heterocycles. The average molecular weight is 163 g/mol. The molecular weight excluding hydrogens is 150 g/mol. The highest BCUT2D eigenvalue weighted by Gasteiger charge is 2.06. The van der Waals surface area contributed by atoms with Crippen LogP contribution >= 0.6 is 0 Å². The second kappa shape index (κ2) is 3.99. The van der Waals surface area contributed by atoms with E-state index in [-0.39, 0.29) is 6.04 Å². The summed E-state index contributed by atoms with van der Waals surface area (Å²) in [6.45, 7) is 2.84. The molecule has 64 valence electrons. The van der Waals surface area contributed by atoms with Crippen LogP contribution < -0.4 is 0 Å². The molecule has 0 N–H and O–H groups in total. The Morgan fingerprint density at radius 1 is 1.75 bits per heavy atom. The number of hydrogen-bond donors (Lipinski definition) is 0. The maximum atomic E-state index is 5.29. The molecule has 2 heteroatoms. The van der Waals surface area contributed by atoms with Crippen LogP contribution in [0.2, 0.25) is 0 Å². The minimum absolute atomic E-state index is 0.167. The topological polar surface area (TPSA) is 16.4 Å². The first kappa shape index (κ1) is 8.89. The molecule has 1 atom stereocenters. The van der Waals surface area contributed by atoms with Crippen LogP contribution in [0.25, 0.3) is 0 Å². The van der Waals surface area contributed by atoms with Gasteiger partial charge in [0.1, 0.15) is 0 Å². The van der Waals surface area contributed by atoms with Crippen LogP contribution in [0.15, 0.2) is 23.0 Å². The zero-order valence-electron chi connectivity index (χ0n) is 7.45. The van der Waals surface area contributed by atoms with Gasteiger partial charge in [0.15, 0.2) is 0 Å². The lowest BCUT2D eigenvalue weighted by Crippen LogP contribution is -2.26. The van der Waals surface area contributed by atoms with Gasteiger partial charge in [-0.25, -0.2) is 0 Å². The van der Waals surface area contributed by atoms with Gasteiger partial charge in [-0.1, -0.05) is 5.92 Å². The first-order chi connectivity index (χ1) is 5.74. The lowest BCUT2D eigenvalue weighted by molar-refractivity contribution is 0.295. The second-order valence-corrected chi connectivity index (χ2v) is 2.89. The SMILES string of the molecule is C#CC(C)N(C)Cc1ccoc1. The standard InChI is InChI=1S/C10H13NO/c1-4-9(2)11(3)7-10-5-6-12-8-10/h1,5-6,8-9H,7H2,2-3H3. The van der Waals surface area contributed by atoms with Gasteiger partial charge >= 0.3 is 0 Å². The first-order valence-corrected chi connectivity index (χ1v) is 3.91. The molecule has 0 radical (unpaired) electrons. The van der Waals surface area contributed by atoms with Gasteiger partial charge in [-0.3, -0.25) is 4.90 Å². The van der Waals surface area contributed by atoms with E-state index in [1.807, 2.05) is 20.0 Å². The van der Waals surface area contributed by atoms with Crippen molar-refractivity contribution in [1.29, 1.82) is 0 Å². The molecule has 1 aromatic heterocycles. The fraction of sp³-hybridized carbons (Fsp3) is 0.400. The monoisotopic (exact) mass is 163 g/mol. The molecule has 0 aliphatic heterocycles. The number of rotatable bonds is 3. The van der Waals surface area contributed by atoms with Crippen LogP contribution in [0, 0.1) is 12.3 Å². The number of hydrogen-bond acceptors (Lipinski definition) is 2. The Labute approximate surface area is 73.2 Å². The molecule has 0 aromatic carbocycles. The molecule has 1 rings (SSSR count). The molecule has 12 heavy (non-hydrogen) atoms. The van der Waals surface area contributed by atoms with Crippen molar-refractivity contribution in [3.63, 3.8) is 0 Å². The smallest absolute Gasteiger partial charge is 0.0947 e. The molecule has 1 aromatic rings. The summed E-state index contributed by atoms with van der Waals surface area (Å²) in [7, 11) is 2.00. The Hall–Kier alpha value is -1.20. The van der Waals surface area contributed by atoms with Gasteiger partial charge in [-0.05, 0) is 20.0 Å². The number of furan rings is 1. The van der Waals surface area contributed by atoms with E-state index >= 15 is 0 Å². The van der Waals surface area contributed by atoms with E-state index in [0.717, 1.165) is 12.1 Å². The third kappa shape index (κ3) is 2.14. The van der Waals surface area contributed by atoms with Crippen LogP contribution in [0.1, 0.15) is 12.5 Å². The van der Waals surface area contributed by atoms with Gasteiger partial charge in [-0.2, -0.15) is 0 Å². The van der Waals surface area contributed by atoms with Crippen LogP contribution in [0.4, 0.5) is 0 Å². The Kier molecular flexibility index (Phi) is 2.95. The predicted octanol–water partition coefficient (Wildman–Crippen LogP) is 1.73. The Bertz CT molecular complexity index is 258. The van der Waals surface area contributed by atoms with Gasteiger partial charge in [0.05, 0.1) is 18.6 Å². The normalized spacial score (nSPS) is 12.8. The van der Waals surface area contributed by atoms with Crippen LogP contribution in [0.5, 0.6) is 0 Å². The fourth-order valence-corrected chi connectivity index (χ4v) is 0.935. The molecule has 0 amide bonds. The molecule has 0 bridgehead atoms. The summed E-state index contributed by atoms with van der Waals surface area (Å²) < 4.78 is 4.95. The highest BCUT2D eigenvalue weighted by Crippen LogP contribution is 2.05. The molecule has 0 saturated carbocycles. The van der Waals surface area contributed by atoms with Gasteiger partial charge in [0, 0.05) is 12.1 Å². The van der Waals surface area contributed by atoms with Crippen molar-refractivity contribution in [1.82, 2.24) is 4.90 Å². The molecule has 1 heterocycles. The van der Waals surface area contributed by atoms with E-state index in [1.165, 1.54) is 0 Å². The summed E-state index contributed by atoms with van der Waals surface area (Å²) in [4.78, 5) is 2.09. The molecule has 2 nitrogen and oxygen atoms in total. The summed E-state index contributed by atoms with van der Waals surface area (Å²) in [5.74, 6) is 2.67. The summed E-state index contributed by atoms with van der Waals surface area (Å²) in [5.41, 5.74) is 1.15. The number of terminal acetylenes is 1. The Balaban J connectivity index is 2.48. The summed E-state index contributed by atoms with van der Waals surface area (Å²) >= 11 is 0. The molecule has 0 fully saturated rings. The van der Waals surface area contributed by atoms with E-state index in [1.54, 1.807) is 12.5 Å². The lowest BCUT2D eigenvalue weighted by Gasteiger charge is -2.18. The van der Waals surface area contributed by atoms with Crippen LogP contribution in [-0.4, -0.2) is 18.0 Å². The largest absolute Gasteiger partial charge is 0.472 e. The Morgan fingerprint density at radius 3 is 3.00 bits per heavy atom. The molecule has 0 aliphatic rings. The van der Waals surface area contributed by atoms with Crippen LogP contribution in [0.3, 0.4) is 0 Å². The number of nitrogens with zero attached hydrogens (tertiary/aromatic N) is 1. The maximum Gasteiger partial charge on any atom is 0.0947 e. The lowest BCUT2D eigenvalue weighted by atomic mass is 10.2. The van der Waals surface area contributed by atoms with Gasteiger partial charge < -0.3 is 4.42 Å². The van der Waals surface area contributed by atoms with E-state index in [9.17, 15) is 0 Å². The van der Waals surface area contributed by atoms with E-state index in [4.69, 9.17) is 10.8 Å². The van der Waals surface area contributed by atoms with Crippen molar-refractivity contribution in [3.8, 4) is 12.3 Å². The quantitative estimate of drug-likeness (QED) is 0.631. The summed E-state index contributed by atoms with van der Waals surface area (Å²) in [5, 5.41) is 0. The first-order valence-electron chi connectivity index (χ1n) is 3.91. The predicted molar refractivity (Wildman–Crippen MR) is 48.5 cm³/mol.